The van der Waals surface area contributed by atoms with Crippen LogP contribution in [0.3, 0.4) is 0 Å². The summed E-state index contributed by atoms with van der Waals surface area (Å²) in [5, 5.41) is 6.93. The summed E-state index contributed by atoms with van der Waals surface area (Å²) in [4.78, 5) is 15.3. The molecule has 5 rings (SSSR count). The molecule has 0 spiro atoms. The monoisotopic (exact) mass is 319 g/mol. The summed E-state index contributed by atoms with van der Waals surface area (Å²) < 4.78 is 0. The van der Waals surface area contributed by atoms with E-state index in [1.54, 1.807) is 0 Å². The van der Waals surface area contributed by atoms with Gasteiger partial charge in [0.25, 0.3) is 0 Å². The number of piperidine rings is 1. The number of nitrogens with one attached hydrogen (secondary N) is 2. The highest BCUT2D eigenvalue weighted by atomic mass is 16.2. The van der Waals surface area contributed by atoms with Gasteiger partial charge < -0.3 is 10.6 Å². The topological polar surface area (TPSA) is 44.4 Å². The second kappa shape index (κ2) is 6.03. The third-order valence-electron chi connectivity index (χ3n) is 7.21. The fourth-order valence-corrected chi connectivity index (χ4v) is 6.39. The summed E-state index contributed by atoms with van der Waals surface area (Å²) in [6, 6.07) is 0.553. The quantitative estimate of drug-likeness (QED) is 0.834. The molecule has 0 radical (unpaired) electrons. The Hall–Kier alpha value is -0.610. The van der Waals surface area contributed by atoms with Gasteiger partial charge in [0.05, 0.1) is 6.04 Å². The zero-order valence-corrected chi connectivity index (χ0v) is 14.8. The normalized spacial score (nSPS) is 44.3. The molecular weight excluding hydrogens is 286 g/mol. The standard InChI is InChI=1S/C19H33N3O/c1-13(22-5-3-4-17(12-22)20-2)18(23)21-19-9-14-6-15(10-19)8-16(7-14)11-19/h13-17,20H,3-12H2,1-2H3,(H,21,23). The molecule has 1 aliphatic heterocycles. The Morgan fingerprint density at radius 1 is 1.13 bits per heavy atom. The number of hydrogen-bond acceptors (Lipinski definition) is 3. The second-order valence-electron chi connectivity index (χ2n) is 8.99. The molecule has 0 aromatic heterocycles. The van der Waals surface area contributed by atoms with Crippen LogP contribution in [0.5, 0.6) is 0 Å². The van der Waals surface area contributed by atoms with E-state index in [1.807, 2.05) is 7.05 Å². The number of amides is 1. The van der Waals surface area contributed by atoms with Crippen molar-refractivity contribution in [3.63, 3.8) is 0 Å². The third-order valence-corrected chi connectivity index (χ3v) is 7.21. The molecule has 1 heterocycles. The van der Waals surface area contributed by atoms with Gasteiger partial charge in [-0.1, -0.05) is 0 Å². The fourth-order valence-electron chi connectivity index (χ4n) is 6.39. The van der Waals surface area contributed by atoms with Crippen LogP contribution in [0.4, 0.5) is 0 Å². The van der Waals surface area contributed by atoms with Gasteiger partial charge in [-0.2, -0.15) is 0 Å². The van der Waals surface area contributed by atoms with Gasteiger partial charge in [-0.15, -0.1) is 0 Å². The van der Waals surface area contributed by atoms with Crippen LogP contribution in [0.25, 0.3) is 0 Å². The van der Waals surface area contributed by atoms with Crippen LogP contribution in [0.15, 0.2) is 0 Å². The van der Waals surface area contributed by atoms with Crippen LogP contribution in [-0.2, 0) is 4.79 Å². The summed E-state index contributed by atoms with van der Waals surface area (Å²) in [6.45, 7) is 4.17. The second-order valence-corrected chi connectivity index (χ2v) is 8.99. The van der Waals surface area contributed by atoms with Gasteiger partial charge in [0.15, 0.2) is 0 Å². The van der Waals surface area contributed by atoms with E-state index in [0.29, 0.717) is 6.04 Å². The van der Waals surface area contributed by atoms with E-state index in [9.17, 15) is 4.79 Å². The molecule has 4 bridgehead atoms. The fraction of sp³-hybridized carbons (Fsp3) is 0.947. The average molecular weight is 319 g/mol. The largest absolute Gasteiger partial charge is 0.349 e. The van der Waals surface area contributed by atoms with Crippen molar-refractivity contribution in [1.29, 1.82) is 0 Å². The zero-order chi connectivity index (χ0) is 16.0. The Morgan fingerprint density at radius 3 is 2.30 bits per heavy atom. The minimum atomic E-state index is 0.0131. The lowest BCUT2D eigenvalue weighted by molar-refractivity contribution is -0.132. The molecule has 2 atom stereocenters. The predicted molar refractivity (Wildman–Crippen MR) is 92.2 cm³/mol. The average Bonchev–Trinajstić information content (AvgIpc) is 2.52. The molecule has 23 heavy (non-hydrogen) atoms. The lowest BCUT2D eigenvalue weighted by atomic mass is 9.53. The summed E-state index contributed by atoms with van der Waals surface area (Å²) in [6.07, 6.45) is 10.5. The Kier molecular flexibility index (Phi) is 4.17. The van der Waals surface area contributed by atoms with E-state index < -0.39 is 0 Å². The summed E-state index contributed by atoms with van der Waals surface area (Å²) >= 11 is 0. The van der Waals surface area contributed by atoms with E-state index in [4.69, 9.17) is 0 Å². The van der Waals surface area contributed by atoms with Gasteiger partial charge in [-0.3, -0.25) is 9.69 Å². The summed E-state index contributed by atoms with van der Waals surface area (Å²) in [5.41, 5.74) is 0.151. The highest BCUT2D eigenvalue weighted by Gasteiger charge is 2.51. The molecule has 4 heteroatoms. The first kappa shape index (κ1) is 15.9. The maximum Gasteiger partial charge on any atom is 0.237 e. The number of hydrogen-bond donors (Lipinski definition) is 2. The highest BCUT2D eigenvalue weighted by Crippen LogP contribution is 2.55. The van der Waals surface area contributed by atoms with Gasteiger partial charge >= 0.3 is 0 Å². The van der Waals surface area contributed by atoms with Gasteiger partial charge in [0.2, 0.25) is 5.91 Å². The molecular formula is C19H33N3O. The third kappa shape index (κ3) is 3.05. The number of carbonyl (C=O) groups is 1. The first-order valence-electron chi connectivity index (χ1n) is 9.80. The van der Waals surface area contributed by atoms with Gasteiger partial charge in [0, 0.05) is 18.1 Å². The Morgan fingerprint density at radius 2 is 1.74 bits per heavy atom. The van der Waals surface area contributed by atoms with Gasteiger partial charge in [-0.05, 0) is 89.6 Å². The molecule has 2 N–H and O–H groups in total. The summed E-state index contributed by atoms with van der Waals surface area (Å²) in [5.74, 6) is 2.95. The van der Waals surface area contributed by atoms with Crippen molar-refractivity contribution in [3.8, 4) is 0 Å². The smallest absolute Gasteiger partial charge is 0.237 e. The molecule has 1 saturated heterocycles. The van der Waals surface area contributed by atoms with Crippen molar-refractivity contribution in [2.75, 3.05) is 20.1 Å². The maximum atomic E-state index is 12.9. The molecule has 130 valence electrons. The van der Waals surface area contributed by atoms with Crippen molar-refractivity contribution < 1.29 is 4.79 Å². The Labute approximate surface area is 140 Å². The first-order valence-corrected chi connectivity index (χ1v) is 9.80. The van der Waals surface area contributed by atoms with Crippen LogP contribution >= 0.6 is 0 Å². The highest BCUT2D eigenvalue weighted by molar-refractivity contribution is 5.82. The lowest BCUT2D eigenvalue weighted by Crippen LogP contribution is -2.63. The van der Waals surface area contributed by atoms with Crippen LogP contribution in [0.1, 0.15) is 58.3 Å². The Balaban J connectivity index is 1.39. The van der Waals surface area contributed by atoms with Crippen molar-refractivity contribution >= 4 is 5.91 Å². The molecule has 0 aromatic carbocycles. The molecule has 1 amide bonds. The minimum absolute atomic E-state index is 0.0131. The number of likely N-dealkylation sites (N-methyl/N-ethyl adjacent to an activating group) is 1. The molecule has 4 nitrogen and oxygen atoms in total. The van der Waals surface area contributed by atoms with Crippen molar-refractivity contribution in [3.05, 3.63) is 0 Å². The lowest BCUT2D eigenvalue weighted by Gasteiger charge is -2.57. The zero-order valence-electron chi connectivity index (χ0n) is 14.8. The van der Waals surface area contributed by atoms with E-state index in [2.05, 4.69) is 22.5 Å². The number of carbonyl (C=O) groups excluding carboxylic acids is 1. The van der Waals surface area contributed by atoms with Gasteiger partial charge in [-0.25, -0.2) is 0 Å². The SMILES string of the molecule is CNC1CCCN(C(C)C(=O)NC23CC4CC(CC(C4)C2)C3)C1. The van der Waals surface area contributed by atoms with E-state index >= 15 is 0 Å². The first-order chi connectivity index (χ1) is 11.1. The number of nitrogens with zero attached hydrogens (tertiary/aromatic N) is 1. The molecule has 4 saturated carbocycles. The van der Waals surface area contributed by atoms with Crippen LogP contribution in [-0.4, -0.2) is 48.6 Å². The molecule has 5 fully saturated rings. The summed E-state index contributed by atoms with van der Waals surface area (Å²) in [7, 11) is 2.04. The number of likely N-dealkylation sites (tertiary alicyclic amines) is 1. The van der Waals surface area contributed by atoms with E-state index in [0.717, 1.165) is 30.8 Å². The van der Waals surface area contributed by atoms with Crippen molar-refractivity contribution in [2.24, 2.45) is 17.8 Å². The van der Waals surface area contributed by atoms with Crippen LogP contribution in [0, 0.1) is 17.8 Å². The van der Waals surface area contributed by atoms with Crippen LogP contribution in [0.2, 0.25) is 0 Å². The molecule has 0 aromatic rings. The predicted octanol–water partition coefficient (Wildman–Crippen LogP) is 2.14. The van der Waals surface area contributed by atoms with E-state index in [1.165, 1.54) is 51.4 Å². The van der Waals surface area contributed by atoms with E-state index in [-0.39, 0.29) is 17.5 Å². The maximum absolute atomic E-state index is 12.9. The minimum Gasteiger partial charge on any atom is -0.349 e. The molecule has 4 aliphatic carbocycles. The molecule has 5 aliphatic rings. The Bertz CT molecular complexity index is 428. The molecule has 2 unspecified atom stereocenters. The number of rotatable bonds is 4. The van der Waals surface area contributed by atoms with Gasteiger partial charge in [0.1, 0.15) is 0 Å². The van der Waals surface area contributed by atoms with Crippen molar-refractivity contribution in [1.82, 2.24) is 15.5 Å². The van der Waals surface area contributed by atoms with Crippen molar-refractivity contribution in [2.45, 2.75) is 75.9 Å². The van der Waals surface area contributed by atoms with Crippen LogP contribution < -0.4 is 10.6 Å².